The molecule has 0 heterocycles. The zero-order valence-corrected chi connectivity index (χ0v) is 15.5. The maximum Gasteiger partial charge on any atom is 0.173 e. The maximum absolute atomic E-state index is 5.53. The minimum Gasteiger partial charge on any atom is -0.348 e. The molecule has 0 bridgehead atoms. The molecule has 3 heteroatoms. The summed E-state index contributed by atoms with van der Waals surface area (Å²) in [5, 5.41) is 4.07. The Morgan fingerprint density at radius 3 is 2.13 bits per heavy atom. The van der Waals surface area contributed by atoms with E-state index in [2.05, 4.69) is 80.4 Å². The Kier molecular flexibility index (Phi) is 5.78. The van der Waals surface area contributed by atoms with E-state index in [0.29, 0.717) is 5.92 Å². The summed E-state index contributed by atoms with van der Waals surface area (Å²) in [5.74, 6) is 0.564. The van der Waals surface area contributed by atoms with Crippen molar-refractivity contribution in [2.45, 2.75) is 40.2 Å². The molecule has 0 aliphatic heterocycles. The molecule has 0 aliphatic rings. The van der Waals surface area contributed by atoms with E-state index < -0.39 is 0 Å². The van der Waals surface area contributed by atoms with Crippen molar-refractivity contribution in [3.63, 3.8) is 0 Å². The van der Waals surface area contributed by atoms with Crippen LogP contribution >= 0.6 is 12.2 Å². The largest absolute Gasteiger partial charge is 0.348 e. The van der Waals surface area contributed by atoms with Crippen LogP contribution in [0.5, 0.6) is 0 Å². The lowest BCUT2D eigenvalue weighted by Gasteiger charge is -2.22. The SMILES string of the molecule is Cc1cc(C)cc(NC(=S)N(C)Cc2ccc(C(C)C)cc2)c1. The fourth-order valence-corrected chi connectivity index (χ4v) is 2.80. The first-order chi connectivity index (χ1) is 10.8. The lowest BCUT2D eigenvalue weighted by Crippen LogP contribution is -2.30. The van der Waals surface area contributed by atoms with Crippen molar-refractivity contribution in [3.05, 3.63) is 64.7 Å². The number of nitrogens with one attached hydrogen (secondary N) is 1. The minimum absolute atomic E-state index is 0.564. The van der Waals surface area contributed by atoms with Gasteiger partial charge in [0.2, 0.25) is 0 Å². The summed E-state index contributed by atoms with van der Waals surface area (Å²) in [6.07, 6.45) is 0. The van der Waals surface area contributed by atoms with Crippen molar-refractivity contribution >= 4 is 23.0 Å². The predicted molar refractivity (Wildman–Crippen MR) is 104 cm³/mol. The van der Waals surface area contributed by atoms with Crippen LogP contribution in [0.15, 0.2) is 42.5 Å². The Labute approximate surface area is 145 Å². The summed E-state index contributed by atoms with van der Waals surface area (Å²) < 4.78 is 0. The highest BCUT2D eigenvalue weighted by Gasteiger charge is 2.07. The van der Waals surface area contributed by atoms with E-state index in [1.807, 2.05) is 7.05 Å². The van der Waals surface area contributed by atoms with Crippen LogP contribution in [0.25, 0.3) is 0 Å². The van der Waals surface area contributed by atoms with Gasteiger partial charge in [-0.25, -0.2) is 0 Å². The number of benzene rings is 2. The molecule has 0 radical (unpaired) electrons. The van der Waals surface area contributed by atoms with Gasteiger partial charge in [-0.1, -0.05) is 44.2 Å². The standard InChI is InChI=1S/C20H26N2S/c1-14(2)18-8-6-17(7-9-18)13-22(5)20(23)21-19-11-15(3)10-16(4)12-19/h6-12,14H,13H2,1-5H3,(H,21,23). The first-order valence-electron chi connectivity index (χ1n) is 8.04. The molecule has 2 nitrogen and oxygen atoms in total. The van der Waals surface area contributed by atoms with Gasteiger partial charge in [-0.3, -0.25) is 0 Å². The number of thiocarbonyl (C=S) groups is 1. The maximum atomic E-state index is 5.53. The second kappa shape index (κ2) is 7.60. The lowest BCUT2D eigenvalue weighted by atomic mass is 10.0. The second-order valence-corrected chi connectivity index (χ2v) is 6.95. The highest BCUT2D eigenvalue weighted by molar-refractivity contribution is 7.80. The van der Waals surface area contributed by atoms with Crippen molar-refractivity contribution in [3.8, 4) is 0 Å². The molecular weight excluding hydrogens is 300 g/mol. The molecule has 0 aromatic heterocycles. The van der Waals surface area contributed by atoms with Gasteiger partial charge in [0.05, 0.1) is 0 Å². The van der Waals surface area contributed by atoms with E-state index in [-0.39, 0.29) is 0 Å². The molecule has 0 spiro atoms. The van der Waals surface area contributed by atoms with Crippen molar-refractivity contribution in [2.75, 3.05) is 12.4 Å². The number of rotatable bonds is 4. The molecule has 23 heavy (non-hydrogen) atoms. The third kappa shape index (κ3) is 5.07. The van der Waals surface area contributed by atoms with Crippen LogP contribution < -0.4 is 5.32 Å². The fourth-order valence-electron chi connectivity index (χ4n) is 2.62. The Bertz CT molecular complexity index is 654. The summed E-state index contributed by atoms with van der Waals surface area (Å²) in [7, 11) is 2.02. The Hall–Kier alpha value is -1.87. The predicted octanol–water partition coefficient (Wildman–Crippen LogP) is 5.26. The third-order valence-electron chi connectivity index (χ3n) is 3.89. The summed E-state index contributed by atoms with van der Waals surface area (Å²) in [6, 6.07) is 15.2. The zero-order chi connectivity index (χ0) is 17.0. The third-order valence-corrected chi connectivity index (χ3v) is 4.30. The zero-order valence-electron chi connectivity index (χ0n) is 14.7. The van der Waals surface area contributed by atoms with E-state index in [9.17, 15) is 0 Å². The number of aryl methyl sites for hydroxylation is 2. The van der Waals surface area contributed by atoms with Crippen LogP contribution in [0.2, 0.25) is 0 Å². The Balaban J connectivity index is 1.99. The van der Waals surface area contributed by atoms with Crippen molar-refractivity contribution in [1.29, 1.82) is 0 Å². The van der Waals surface area contributed by atoms with Gasteiger partial charge in [0, 0.05) is 19.3 Å². The molecule has 0 amide bonds. The van der Waals surface area contributed by atoms with E-state index in [0.717, 1.165) is 17.3 Å². The number of nitrogens with zero attached hydrogens (tertiary/aromatic N) is 1. The van der Waals surface area contributed by atoms with Crippen LogP contribution in [0.3, 0.4) is 0 Å². The van der Waals surface area contributed by atoms with E-state index in [4.69, 9.17) is 12.2 Å². The monoisotopic (exact) mass is 326 g/mol. The molecule has 2 rings (SSSR count). The topological polar surface area (TPSA) is 15.3 Å². The van der Waals surface area contributed by atoms with Crippen molar-refractivity contribution in [2.24, 2.45) is 0 Å². The average molecular weight is 327 g/mol. The van der Waals surface area contributed by atoms with Gasteiger partial charge in [-0.15, -0.1) is 0 Å². The van der Waals surface area contributed by atoms with Gasteiger partial charge in [-0.05, 0) is 66.4 Å². The molecule has 0 unspecified atom stereocenters. The molecule has 0 fully saturated rings. The van der Waals surface area contributed by atoms with E-state index in [1.54, 1.807) is 0 Å². The second-order valence-electron chi connectivity index (χ2n) is 6.56. The van der Waals surface area contributed by atoms with Crippen LogP contribution in [0.1, 0.15) is 42.0 Å². The average Bonchev–Trinajstić information content (AvgIpc) is 2.46. The van der Waals surface area contributed by atoms with Gasteiger partial charge >= 0.3 is 0 Å². The lowest BCUT2D eigenvalue weighted by molar-refractivity contribution is 0.508. The van der Waals surface area contributed by atoms with Gasteiger partial charge in [0.15, 0.2) is 5.11 Å². The first kappa shape index (κ1) is 17.5. The molecule has 1 N–H and O–H groups in total. The highest BCUT2D eigenvalue weighted by Crippen LogP contribution is 2.17. The molecule has 0 atom stereocenters. The summed E-state index contributed by atoms with van der Waals surface area (Å²) in [6.45, 7) is 9.42. The summed E-state index contributed by atoms with van der Waals surface area (Å²) in [5.41, 5.74) is 6.16. The van der Waals surface area contributed by atoms with Crippen LogP contribution in [-0.4, -0.2) is 17.1 Å². The Morgan fingerprint density at radius 1 is 1.04 bits per heavy atom. The van der Waals surface area contributed by atoms with Gasteiger partial charge in [-0.2, -0.15) is 0 Å². The normalized spacial score (nSPS) is 10.7. The van der Waals surface area contributed by atoms with E-state index in [1.165, 1.54) is 22.3 Å². The smallest absolute Gasteiger partial charge is 0.173 e. The van der Waals surface area contributed by atoms with Gasteiger partial charge < -0.3 is 10.2 Å². The number of hydrogen-bond acceptors (Lipinski definition) is 1. The van der Waals surface area contributed by atoms with Gasteiger partial charge in [0.25, 0.3) is 0 Å². The fraction of sp³-hybridized carbons (Fsp3) is 0.350. The van der Waals surface area contributed by atoms with Gasteiger partial charge in [0.1, 0.15) is 0 Å². The van der Waals surface area contributed by atoms with E-state index >= 15 is 0 Å². The summed E-state index contributed by atoms with van der Waals surface area (Å²) in [4.78, 5) is 2.07. The number of hydrogen-bond donors (Lipinski definition) is 1. The highest BCUT2D eigenvalue weighted by atomic mass is 32.1. The molecule has 0 aliphatic carbocycles. The van der Waals surface area contributed by atoms with Crippen LogP contribution in [-0.2, 0) is 6.54 Å². The summed E-state index contributed by atoms with van der Waals surface area (Å²) >= 11 is 5.53. The molecule has 2 aromatic carbocycles. The molecule has 122 valence electrons. The quantitative estimate of drug-likeness (QED) is 0.772. The molecule has 0 saturated heterocycles. The van der Waals surface area contributed by atoms with Crippen molar-refractivity contribution < 1.29 is 0 Å². The van der Waals surface area contributed by atoms with Crippen LogP contribution in [0.4, 0.5) is 5.69 Å². The van der Waals surface area contributed by atoms with Crippen molar-refractivity contribution in [1.82, 2.24) is 4.90 Å². The van der Waals surface area contributed by atoms with Crippen LogP contribution in [0, 0.1) is 13.8 Å². The first-order valence-corrected chi connectivity index (χ1v) is 8.45. The number of anilines is 1. The Morgan fingerprint density at radius 2 is 1.61 bits per heavy atom. The minimum atomic E-state index is 0.564. The molecule has 2 aromatic rings. The molecular formula is C20H26N2S. The molecule has 0 saturated carbocycles.